The van der Waals surface area contributed by atoms with Gasteiger partial charge in [-0.15, -0.1) is 11.6 Å². The van der Waals surface area contributed by atoms with Crippen molar-refractivity contribution >= 4 is 40.4 Å². The highest BCUT2D eigenvalue weighted by Gasteiger charge is 2.28. The molecule has 1 aromatic heterocycles. The Morgan fingerprint density at radius 3 is 2.64 bits per heavy atom. The van der Waals surface area contributed by atoms with Gasteiger partial charge in [-0.3, -0.25) is 9.79 Å². The second-order valence-corrected chi connectivity index (χ2v) is 10.4. The van der Waals surface area contributed by atoms with E-state index in [4.69, 9.17) is 21.6 Å². The Bertz CT molecular complexity index is 1490. The molecule has 3 aliphatic rings. The van der Waals surface area contributed by atoms with Crippen molar-refractivity contribution in [1.82, 2.24) is 20.6 Å². The van der Waals surface area contributed by atoms with Crippen molar-refractivity contribution in [3.8, 4) is 0 Å². The molecule has 0 bridgehead atoms. The summed E-state index contributed by atoms with van der Waals surface area (Å²) in [6.07, 6.45) is 8.24. The number of anilines is 2. The number of benzene rings is 2. The van der Waals surface area contributed by atoms with Crippen LogP contribution in [0.25, 0.3) is 5.57 Å². The molecule has 0 radical (unpaired) electrons. The molecule has 3 heterocycles. The summed E-state index contributed by atoms with van der Waals surface area (Å²) in [5.41, 5.74) is 5.62. The average Bonchev–Trinajstić information content (AvgIpc) is 3.10. The normalized spacial score (nSPS) is 19.0. The lowest BCUT2D eigenvalue weighted by Crippen LogP contribution is -2.42. The van der Waals surface area contributed by atoms with Gasteiger partial charge in [0, 0.05) is 45.8 Å². The predicted octanol–water partition coefficient (Wildman–Crippen LogP) is 5.16. The monoisotopic (exact) mass is 542 g/mol. The number of carbonyl (C=O) groups is 1. The van der Waals surface area contributed by atoms with Gasteiger partial charge >= 0.3 is 0 Å². The Hall–Kier alpha value is -3.88. The van der Waals surface area contributed by atoms with E-state index in [9.17, 15) is 9.18 Å². The van der Waals surface area contributed by atoms with Crippen LogP contribution in [-0.2, 0) is 6.54 Å². The van der Waals surface area contributed by atoms with Crippen LogP contribution in [0, 0.1) is 5.82 Å². The van der Waals surface area contributed by atoms with Crippen LogP contribution in [0.1, 0.15) is 46.4 Å². The molecule has 198 valence electrons. The first-order valence-electron chi connectivity index (χ1n) is 13.2. The highest BCUT2D eigenvalue weighted by atomic mass is 35.5. The molecule has 1 amide bonds. The van der Waals surface area contributed by atoms with Crippen LogP contribution in [0.4, 0.5) is 16.0 Å². The van der Waals surface area contributed by atoms with Crippen LogP contribution in [-0.4, -0.2) is 46.1 Å². The predicted molar refractivity (Wildman–Crippen MR) is 152 cm³/mol. The first-order chi connectivity index (χ1) is 19.0. The van der Waals surface area contributed by atoms with Gasteiger partial charge in [0.1, 0.15) is 5.82 Å². The fourth-order valence-corrected chi connectivity index (χ4v) is 5.34. The number of rotatable bonds is 5. The fraction of sp³-hybridized carbons (Fsp3) is 0.267. The molecule has 1 aliphatic carbocycles. The number of aliphatic imine (C=N–C) groups is 1. The van der Waals surface area contributed by atoms with E-state index in [0.717, 1.165) is 54.0 Å². The number of allylic oxidation sites excluding steroid dienone is 4. The Morgan fingerprint density at radius 2 is 1.85 bits per heavy atom. The van der Waals surface area contributed by atoms with Crippen molar-refractivity contribution in [1.29, 1.82) is 0 Å². The second-order valence-electron chi connectivity index (χ2n) is 9.86. The van der Waals surface area contributed by atoms with Gasteiger partial charge in [-0.2, -0.15) is 0 Å². The lowest BCUT2D eigenvalue weighted by Gasteiger charge is -2.23. The highest BCUT2D eigenvalue weighted by Crippen LogP contribution is 2.37. The van der Waals surface area contributed by atoms with E-state index >= 15 is 0 Å². The standard InChI is InChI=1S/C30H28ClFN6O/c31-20-7-10-23-25(15-20)28(24-3-1-2-4-26(24)32)34-16-19-17-35-30(38-27(19)23)37-21-8-5-18(6-9-21)29(39)36-22-11-13-33-14-12-22/h1-6,8-10,15,17,20,22,33H,7,11-14,16H2,(H,36,39)(H,35,37,38). The zero-order valence-corrected chi connectivity index (χ0v) is 22.0. The van der Waals surface area contributed by atoms with Crippen molar-refractivity contribution in [2.75, 3.05) is 18.4 Å². The molecule has 0 spiro atoms. The summed E-state index contributed by atoms with van der Waals surface area (Å²) in [5.74, 6) is 0.0188. The molecular weight excluding hydrogens is 515 g/mol. The van der Waals surface area contributed by atoms with Crippen LogP contribution in [0.15, 0.2) is 77.4 Å². The Balaban J connectivity index is 1.23. The highest BCUT2D eigenvalue weighted by molar-refractivity contribution is 6.26. The zero-order valence-electron chi connectivity index (χ0n) is 21.3. The molecule has 2 aliphatic heterocycles. The summed E-state index contributed by atoms with van der Waals surface area (Å²) < 4.78 is 14.8. The summed E-state index contributed by atoms with van der Waals surface area (Å²) in [6, 6.07) is 14.1. The number of amides is 1. The molecule has 1 fully saturated rings. The van der Waals surface area contributed by atoms with Gasteiger partial charge in [0.15, 0.2) is 0 Å². The van der Waals surface area contributed by atoms with Crippen molar-refractivity contribution in [2.45, 2.75) is 37.2 Å². The number of nitrogens with zero attached hydrogens (tertiary/aromatic N) is 3. The van der Waals surface area contributed by atoms with Gasteiger partial charge in [-0.05, 0) is 68.8 Å². The number of aromatic nitrogens is 2. The maximum atomic E-state index is 14.8. The first kappa shape index (κ1) is 25.4. The minimum atomic E-state index is -0.333. The maximum absolute atomic E-state index is 14.8. The minimum Gasteiger partial charge on any atom is -0.349 e. The SMILES string of the molecule is O=C(NC1CCNCC1)c1ccc(Nc2ncc3c(n2)C2=CCC(Cl)C=C2C(c2ccccc2F)=NC3)cc1. The van der Waals surface area contributed by atoms with E-state index in [-0.39, 0.29) is 23.1 Å². The van der Waals surface area contributed by atoms with Gasteiger partial charge in [-0.1, -0.05) is 24.3 Å². The van der Waals surface area contributed by atoms with Crippen LogP contribution in [0.5, 0.6) is 0 Å². The Kier molecular flexibility index (Phi) is 7.22. The van der Waals surface area contributed by atoms with Gasteiger partial charge < -0.3 is 16.0 Å². The summed E-state index contributed by atoms with van der Waals surface area (Å²) in [4.78, 5) is 26.8. The van der Waals surface area contributed by atoms with E-state index < -0.39 is 0 Å². The van der Waals surface area contributed by atoms with Crippen molar-refractivity contribution < 1.29 is 9.18 Å². The number of piperidine rings is 1. The summed E-state index contributed by atoms with van der Waals surface area (Å²) in [5, 5.41) is 9.45. The molecule has 1 saturated heterocycles. The molecule has 1 unspecified atom stereocenters. The van der Waals surface area contributed by atoms with Crippen LogP contribution >= 0.6 is 11.6 Å². The Morgan fingerprint density at radius 1 is 1.05 bits per heavy atom. The lowest BCUT2D eigenvalue weighted by molar-refractivity contribution is 0.0929. The lowest BCUT2D eigenvalue weighted by atomic mass is 9.88. The number of hydrogen-bond acceptors (Lipinski definition) is 6. The second kappa shape index (κ2) is 11.1. The molecule has 9 heteroatoms. The van der Waals surface area contributed by atoms with Gasteiger partial charge in [0.25, 0.3) is 5.91 Å². The molecule has 3 aromatic rings. The number of hydrogen-bond donors (Lipinski definition) is 3. The third kappa shape index (κ3) is 5.48. The first-order valence-corrected chi connectivity index (χ1v) is 13.6. The smallest absolute Gasteiger partial charge is 0.251 e. The van der Waals surface area contributed by atoms with Gasteiger partial charge in [0.05, 0.1) is 23.3 Å². The van der Waals surface area contributed by atoms with E-state index in [1.165, 1.54) is 6.07 Å². The summed E-state index contributed by atoms with van der Waals surface area (Å²) >= 11 is 6.49. The van der Waals surface area contributed by atoms with Crippen LogP contribution < -0.4 is 16.0 Å². The maximum Gasteiger partial charge on any atom is 0.251 e. The van der Waals surface area contributed by atoms with Crippen molar-refractivity contribution in [3.05, 3.63) is 101 Å². The van der Waals surface area contributed by atoms with Gasteiger partial charge in [-0.25, -0.2) is 14.4 Å². The topological polar surface area (TPSA) is 91.3 Å². The molecular formula is C30H28ClFN6O. The van der Waals surface area contributed by atoms with Crippen molar-refractivity contribution in [2.24, 2.45) is 4.99 Å². The largest absolute Gasteiger partial charge is 0.349 e. The molecule has 7 nitrogen and oxygen atoms in total. The zero-order chi connectivity index (χ0) is 26.8. The summed E-state index contributed by atoms with van der Waals surface area (Å²) in [6.45, 7) is 2.17. The number of nitrogens with one attached hydrogen (secondary N) is 3. The number of halogens is 2. The molecule has 2 aromatic carbocycles. The number of carbonyl (C=O) groups excluding carboxylic acids is 1. The minimum absolute atomic E-state index is 0.0680. The van der Waals surface area contributed by atoms with Gasteiger partial charge in [0.2, 0.25) is 5.95 Å². The molecule has 39 heavy (non-hydrogen) atoms. The van der Waals surface area contributed by atoms with E-state index in [2.05, 4.69) is 20.9 Å². The molecule has 3 N–H and O–H groups in total. The van der Waals surface area contributed by atoms with E-state index in [0.29, 0.717) is 35.8 Å². The number of fused-ring (bicyclic) bond motifs is 3. The Labute approximate surface area is 231 Å². The third-order valence-electron chi connectivity index (χ3n) is 7.17. The summed E-state index contributed by atoms with van der Waals surface area (Å²) in [7, 11) is 0. The third-order valence-corrected chi connectivity index (χ3v) is 7.48. The van der Waals surface area contributed by atoms with E-state index in [1.807, 2.05) is 24.3 Å². The van der Waals surface area contributed by atoms with Crippen molar-refractivity contribution in [3.63, 3.8) is 0 Å². The van der Waals surface area contributed by atoms with E-state index in [1.54, 1.807) is 36.5 Å². The average molecular weight is 543 g/mol. The fourth-order valence-electron chi connectivity index (χ4n) is 5.13. The molecule has 0 saturated carbocycles. The van der Waals surface area contributed by atoms with Crippen LogP contribution in [0.3, 0.4) is 0 Å². The molecule has 1 atom stereocenters. The van der Waals surface area contributed by atoms with Crippen LogP contribution in [0.2, 0.25) is 0 Å². The quantitative estimate of drug-likeness (QED) is 0.387. The number of alkyl halides is 1. The molecule has 6 rings (SSSR count).